The molecule has 0 saturated heterocycles. The van der Waals surface area contributed by atoms with Crippen LogP contribution in [0.15, 0.2) is 24.3 Å². The molecule has 1 rings (SSSR count). The molecule has 3 heteroatoms. The fourth-order valence-electron chi connectivity index (χ4n) is 2.02. The Morgan fingerprint density at radius 3 is 2.35 bits per heavy atom. The second-order valence-corrected chi connectivity index (χ2v) is 6.28. The van der Waals surface area contributed by atoms with Crippen LogP contribution in [0.25, 0.3) is 0 Å². The van der Waals surface area contributed by atoms with Crippen LogP contribution in [0, 0.1) is 5.82 Å². The van der Waals surface area contributed by atoms with Gasteiger partial charge in [0.15, 0.2) is 0 Å². The van der Waals surface area contributed by atoms with Crippen molar-refractivity contribution in [2.24, 2.45) is 0 Å². The summed E-state index contributed by atoms with van der Waals surface area (Å²) in [5.74, 6) is 0.171. The molecule has 0 bridgehead atoms. The summed E-state index contributed by atoms with van der Waals surface area (Å²) in [6.45, 7) is 11.0. The lowest BCUT2D eigenvalue weighted by Crippen LogP contribution is -2.38. The lowest BCUT2D eigenvalue weighted by molar-refractivity contribution is 0.126. The molecule has 114 valence electrons. The number of ether oxygens (including phenoxy) is 1. The van der Waals surface area contributed by atoms with Crippen LogP contribution in [0.2, 0.25) is 0 Å². The van der Waals surface area contributed by atoms with Crippen LogP contribution in [0.3, 0.4) is 0 Å². The number of hydrogen-bond donors (Lipinski definition) is 1. The van der Waals surface area contributed by atoms with Gasteiger partial charge >= 0.3 is 0 Å². The lowest BCUT2D eigenvalue weighted by Gasteiger charge is -2.25. The largest absolute Gasteiger partial charge is 0.381 e. The van der Waals surface area contributed by atoms with Crippen molar-refractivity contribution in [3.8, 4) is 0 Å². The molecule has 0 aromatic heterocycles. The Bertz CT molecular complexity index is 370. The van der Waals surface area contributed by atoms with E-state index in [4.69, 9.17) is 4.74 Å². The Hall–Kier alpha value is -0.930. The summed E-state index contributed by atoms with van der Waals surface area (Å²) in [6.07, 6.45) is 2.00. The van der Waals surface area contributed by atoms with Crippen molar-refractivity contribution in [1.82, 2.24) is 5.32 Å². The minimum atomic E-state index is -0.182. The van der Waals surface area contributed by atoms with Gasteiger partial charge in [-0.15, -0.1) is 0 Å². The van der Waals surface area contributed by atoms with Crippen molar-refractivity contribution in [2.75, 3.05) is 19.8 Å². The maximum atomic E-state index is 13.0. The number of halogens is 1. The first-order valence-electron chi connectivity index (χ1n) is 7.50. The second-order valence-electron chi connectivity index (χ2n) is 6.28. The van der Waals surface area contributed by atoms with Gasteiger partial charge < -0.3 is 10.1 Å². The predicted molar refractivity (Wildman–Crippen MR) is 82.6 cm³/mol. The van der Waals surface area contributed by atoms with Crippen LogP contribution >= 0.6 is 0 Å². The van der Waals surface area contributed by atoms with Gasteiger partial charge in [0, 0.05) is 25.3 Å². The Morgan fingerprint density at radius 2 is 1.80 bits per heavy atom. The first kappa shape index (κ1) is 17.1. The van der Waals surface area contributed by atoms with Gasteiger partial charge in [-0.05, 0) is 57.2 Å². The van der Waals surface area contributed by atoms with Gasteiger partial charge in [-0.25, -0.2) is 4.39 Å². The molecule has 1 N–H and O–H groups in total. The van der Waals surface area contributed by atoms with Crippen molar-refractivity contribution in [3.63, 3.8) is 0 Å². The highest BCUT2D eigenvalue weighted by molar-refractivity contribution is 5.21. The van der Waals surface area contributed by atoms with Gasteiger partial charge in [-0.3, -0.25) is 0 Å². The molecule has 0 aliphatic carbocycles. The van der Waals surface area contributed by atoms with Crippen LogP contribution in [0.4, 0.5) is 4.39 Å². The van der Waals surface area contributed by atoms with Gasteiger partial charge in [0.05, 0.1) is 0 Å². The standard InChI is InChI=1S/C17H28FNO/c1-5-11-20-12-10-15(13-19-17(2,3)4)14-6-8-16(18)9-7-14/h6-9,15,19H,5,10-13H2,1-4H3. The summed E-state index contributed by atoms with van der Waals surface area (Å²) in [5, 5.41) is 3.53. The van der Waals surface area contributed by atoms with Crippen molar-refractivity contribution in [3.05, 3.63) is 35.6 Å². The molecule has 1 atom stereocenters. The average Bonchev–Trinajstić information content (AvgIpc) is 2.38. The van der Waals surface area contributed by atoms with Crippen LogP contribution in [-0.2, 0) is 4.74 Å². The summed E-state index contributed by atoms with van der Waals surface area (Å²) in [5.41, 5.74) is 1.26. The lowest BCUT2D eigenvalue weighted by atomic mass is 9.94. The second kappa shape index (κ2) is 8.38. The molecule has 20 heavy (non-hydrogen) atoms. The Balaban J connectivity index is 2.60. The highest BCUT2D eigenvalue weighted by Gasteiger charge is 2.16. The molecule has 0 fully saturated rings. The smallest absolute Gasteiger partial charge is 0.123 e. The van der Waals surface area contributed by atoms with Crippen LogP contribution < -0.4 is 5.32 Å². The molecule has 0 radical (unpaired) electrons. The summed E-state index contributed by atoms with van der Waals surface area (Å²) in [6, 6.07) is 6.83. The van der Waals surface area contributed by atoms with E-state index in [1.165, 1.54) is 17.7 Å². The number of hydrogen-bond acceptors (Lipinski definition) is 2. The van der Waals surface area contributed by atoms with Crippen molar-refractivity contribution in [2.45, 2.75) is 52.0 Å². The zero-order chi connectivity index (χ0) is 15.0. The number of nitrogens with one attached hydrogen (secondary N) is 1. The quantitative estimate of drug-likeness (QED) is 0.724. The highest BCUT2D eigenvalue weighted by atomic mass is 19.1. The molecule has 0 aliphatic heterocycles. The van der Waals surface area contributed by atoms with Gasteiger partial charge in [-0.2, -0.15) is 0 Å². The average molecular weight is 281 g/mol. The van der Waals surface area contributed by atoms with Crippen LogP contribution in [-0.4, -0.2) is 25.3 Å². The fraction of sp³-hybridized carbons (Fsp3) is 0.647. The first-order chi connectivity index (χ1) is 9.42. The highest BCUT2D eigenvalue weighted by Crippen LogP contribution is 2.20. The minimum absolute atomic E-state index is 0.0859. The van der Waals surface area contributed by atoms with Gasteiger partial charge in [0.25, 0.3) is 0 Å². The monoisotopic (exact) mass is 281 g/mol. The van der Waals surface area contributed by atoms with E-state index < -0.39 is 0 Å². The molecule has 0 heterocycles. The molecular formula is C17H28FNO. The van der Waals surface area contributed by atoms with E-state index in [1.54, 1.807) is 0 Å². The van der Waals surface area contributed by atoms with E-state index >= 15 is 0 Å². The maximum Gasteiger partial charge on any atom is 0.123 e. The molecule has 1 unspecified atom stereocenters. The normalized spacial score (nSPS) is 13.4. The third-order valence-electron chi connectivity index (χ3n) is 3.18. The molecular weight excluding hydrogens is 253 g/mol. The summed E-state index contributed by atoms with van der Waals surface area (Å²) in [4.78, 5) is 0. The number of rotatable bonds is 8. The van der Waals surface area contributed by atoms with Crippen LogP contribution in [0.1, 0.15) is 52.0 Å². The zero-order valence-electron chi connectivity index (χ0n) is 13.2. The van der Waals surface area contributed by atoms with Crippen LogP contribution in [0.5, 0.6) is 0 Å². The Labute approximate surface area is 122 Å². The summed E-state index contributed by atoms with van der Waals surface area (Å²) < 4.78 is 18.6. The molecule has 0 amide bonds. The molecule has 1 aromatic rings. The topological polar surface area (TPSA) is 21.3 Å². The van der Waals surface area contributed by atoms with E-state index in [0.29, 0.717) is 5.92 Å². The third-order valence-corrected chi connectivity index (χ3v) is 3.18. The molecule has 0 aliphatic rings. The van der Waals surface area contributed by atoms with E-state index in [-0.39, 0.29) is 11.4 Å². The van der Waals surface area contributed by atoms with Gasteiger partial charge in [0.1, 0.15) is 5.82 Å². The van der Waals surface area contributed by atoms with E-state index in [9.17, 15) is 4.39 Å². The van der Waals surface area contributed by atoms with E-state index in [0.717, 1.165) is 32.6 Å². The first-order valence-corrected chi connectivity index (χ1v) is 7.50. The zero-order valence-corrected chi connectivity index (χ0v) is 13.2. The van der Waals surface area contributed by atoms with Gasteiger partial charge in [0.2, 0.25) is 0 Å². The van der Waals surface area contributed by atoms with E-state index in [2.05, 4.69) is 33.0 Å². The fourth-order valence-corrected chi connectivity index (χ4v) is 2.02. The van der Waals surface area contributed by atoms with Crippen molar-refractivity contribution < 1.29 is 9.13 Å². The van der Waals surface area contributed by atoms with Crippen molar-refractivity contribution >= 4 is 0 Å². The Kier molecular flexibility index (Phi) is 7.17. The summed E-state index contributed by atoms with van der Waals surface area (Å²) in [7, 11) is 0. The summed E-state index contributed by atoms with van der Waals surface area (Å²) >= 11 is 0. The molecule has 1 aromatic carbocycles. The molecule has 0 saturated carbocycles. The minimum Gasteiger partial charge on any atom is -0.381 e. The molecule has 2 nitrogen and oxygen atoms in total. The Morgan fingerprint density at radius 1 is 1.15 bits per heavy atom. The third kappa shape index (κ3) is 7.01. The van der Waals surface area contributed by atoms with E-state index in [1.807, 2.05) is 12.1 Å². The van der Waals surface area contributed by atoms with Crippen molar-refractivity contribution in [1.29, 1.82) is 0 Å². The number of benzene rings is 1. The SMILES string of the molecule is CCCOCCC(CNC(C)(C)C)c1ccc(F)cc1. The molecule has 0 spiro atoms. The van der Waals surface area contributed by atoms with Gasteiger partial charge in [-0.1, -0.05) is 19.1 Å². The maximum absolute atomic E-state index is 13.0. The predicted octanol–water partition coefficient (Wildman–Crippen LogP) is 4.11.